The highest BCUT2D eigenvalue weighted by Gasteiger charge is 2.31. The van der Waals surface area contributed by atoms with E-state index in [9.17, 15) is 18.3 Å². The molecule has 2 heterocycles. The van der Waals surface area contributed by atoms with Crippen molar-refractivity contribution < 1.29 is 18.3 Å². The zero-order valence-electron chi connectivity index (χ0n) is 9.91. The predicted octanol–water partition coefficient (Wildman–Crippen LogP) is 1.74. The van der Waals surface area contributed by atoms with Gasteiger partial charge in [-0.2, -0.15) is 0 Å². The van der Waals surface area contributed by atoms with Gasteiger partial charge in [0.1, 0.15) is 5.88 Å². The van der Waals surface area contributed by atoms with Crippen LogP contribution < -0.4 is 0 Å². The largest absolute Gasteiger partial charge is 0.478 e. The van der Waals surface area contributed by atoms with Crippen molar-refractivity contribution in [2.45, 2.75) is 11.6 Å². The first kappa shape index (κ1) is 12.0. The van der Waals surface area contributed by atoms with Gasteiger partial charge >= 0.3 is 5.97 Å². The molecule has 98 valence electrons. The van der Waals surface area contributed by atoms with Crippen LogP contribution in [0.1, 0.15) is 16.1 Å². The van der Waals surface area contributed by atoms with Gasteiger partial charge in [-0.1, -0.05) is 30.3 Å². The number of carboxylic acid groups (broad SMARTS) is 1. The number of rotatable bonds is 2. The van der Waals surface area contributed by atoms with Crippen molar-refractivity contribution in [1.82, 2.24) is 4.57 Å². The average Bonchev–Trinajstić information content (AvgIpc) is 2.81. The van der Waals surface area contributed by atoms with Crippen molar-refractivity contribution in [3.63, 3.8) is 0 Å². The number of aromatic carboxylic acids is 1. The Kier molecular flexibility index (Phi) is 2.50. The Hall–Kier alpha value is -2.08. The summed E-state index contributed by atoms with van der Waals surface area (Å²) in [5, 5.41) is 9.25. The molecule has 0 saturated heterocycles. The summed E-state index contributed by atoms with van der Waals surface area (Å²) in [6.45, 7) is 0. The maximum atomic E-state index is 11.6. The van der Waals surface area contributed by atoms with E-state index < -0.39 is 15.8 Å². The van der Waals surface area contributed by atoms with E-state index in [-0.39, 0.29) is 17.2 Å². The second kappa shape index (κ2) is 3.96. The molecule has 6 heteroatoms. The summed E-state index contributed by atoms with van der Waals surface area (Å²) in [5.74, 6) is -1.29. The van der Waals surface area contributed by atoms with E-state index in [1.165, 1.54) is 6.07 Å². The minimum atomic E-state index is -3.17. The van der Waals surface area contributed by atoms with Crippen molar-refractivity contribution in [3.8, 4) is 11.3 Å². The molecule has 3 rings (SSSR count). The molecular formula is C13H11NO4S. The summed E-state index contributed by atoms with van der Waals surface area (Å²) in [7, 11) is -3.17. The highest BCUT2D eigenvalue weighted by atomic mass is 32.2. The minimum absolute atomic E-state index is 0.0971. The molecular weight excluding hydrogens is 266 g/mol. The maximum absolute atomic E-state index is 11.6. The van der Waals surface area contributed by atoms with Gasteiger partial charge in [-0.05, 0) is 11.6 Å². The van der Waals surface area contributed by atoms with Crippen LogP contribution in [0.25, 0.3) is 11.3 Å². The lowest BCUT2D eigenvalue weighted by molar-refractivity contribution is 0.0697. The van der Waals surface area contributed by atoms with E-state index >= 15 is 0 Å². The number of aromatic nitrogens is 1. The maximum Gasteiger partial charge on any atom is 0.337 e. The van der Waals surface area contributed by atoms with E-state index in [0.717, 1.165) is 0 Å². The van der Waals surface area contributed by atoms with Gasteiger partial charge in [0.2, 0.25) is 0 Å². The SMILES string of the molecule is O=C(O)c1cc2n(c1-c1ccccc1)CS(=O)(=O)C2. The average molecular weight is 277 g/mol. The third-order valence-corrected chi connectivity index (χ3v) is 4.54. The van der Waals surface area contributed by atoms with E-state index in [1.807, 2.05) is 6.07 Å². The van der Waals surface area contributed by atoms with Crippen LogP contribution in [0, 0.1) is 0 Å². The molecule has 5 nitrogen and oxygen atoms in total. The molecule has 0 fully saturated rings. The fraction of sp³-hybridized carbons (Fsp3) is 0.154. The molecule has 1 N–H and O–H groups in total. The topological polar surface area (TPSA) is 76.4 Å². The Bertz CT molecular complexity index is 759. The lowest BCUT2D eigenvalue weighted by Gasteiger charge is -2.07. The number of nitrogens with zero attached hydrogens (tertiary/aromatic N) is 1. The Morgan fingerprint density at radius 1 is 1.21 bits per heavy atom. The second-order valence-corrected chi connectivity index (χ2v) is 6.55. The van der Waals surface area contributed by atoms with Gasteiger partial charge in [-0.3, -0.25) is 0 Å². The molecule has 1 aliphatic rings. The molecule has 1 aromatic carbocycles. The van der Waals surface area contributed by atoms with Crippen LogP contribution in [-0.4, -0.2) is 24.1 Å². The normalized spacial score (nSPS) is 16.2. The fourth-order valence-corrected chi connectivity index (χ4v) is 3.88. The van der Waals surface area contributed by atoms with Crippen molar-refractivity contribution in [1.29, 1.82) is 0 Å². The quantitative estimate of drug-likeness (QED) is 0.907. The lowest BCUT2D eigenvalue weighted by atomic mass is 10.1. The molecule has 0 bridgehead atoms. The van der Waals surface area contributed by atoms with E-state index in [1.54, 1.807) is 28.8 Å². The highest BCUT2D eigenvalue weighted by molar-refractivity contribution is 7.89. The molecule has 0 aliphatic carbocycles. The Labute approximate surface area is 110 Å². The first-order valence-electron chi connectivity index (χ1n) is 5.69. The number of carboxylic acids is 1. The summed E-state index contributed by atoms with van der Waals surface area (Å²) in [5.41, 5.74) is 1.86. The zero-order chi connectivity index (χ0) is 13.6. The Morgan fingerprint density at radius 3 is 2.53 bits per heavy atom. The summed E-state index contributed by atoms with van der Waals surface area (Å²) in [6.07, 6.45) is 0. The summed E-state index contributed by atoms with van der Waals surface area (Å²) in [6, 6.07) is 10.4. The van der Waals surface area contributed by atoms with Gasteiger partial charge in [-0.15, -0.1) is 0 Å². The molecule has 0 unspecified atom stereocenters. The van der Waals surface area contributed by atoms with Gasteiger partial charge in [0.05, 0.1) is 17.0 Å². The smallest absolute Gasteiger partial charge is 0.337 e. The molecule has 1 aliphatic heterocycles. The zero-order valence-corrected chi connectivity index (χ0v) is 10.7. The van der Waals surface area contributed by atoms with Crippen LogP contribution >= 0.6 is 0 Å². The van der Waals surface area contributed by atoms with Crippen molar-refractivity contribution >= 4 is 15.8 Å². The first-order chi connectivity index (χ1) is 8.98. The number of sulfone groups is 1. The monoisotopic (exact) mass is 277 g/mol. The minimum Gasteiger partial charge on any atom is -0.478 e. The van der Waals surface area contributed by atoms with Crippen LogP contribution in [-0.2, 0) is 21.5 Å². The number of carbonyl (C=O) groups is 1. The molecule has 0 radical (unpaired) electrons. The van der Waals surface area contributed by atoms with Crippen LogP contribution in [0.4, 0.5) is 0 Å². The van der Waals surface area contributed by atoms with Crippen LogP contribution in [0.5, 0.6) is 0 Å². The van der Waals surface area contributed by atoms with Crippen molar-refractivity contribution in [2.24, 2.45) is 0 Å². The van der Waals surface area contributed by atoms with Gasteiger partial charge in [-0.25, -0.2) is 13.2 Å². The number of hydrogen-bond acceptors (Lipinski definition) is 3. The third-order valence-electron chi connectivity index (χ3n) is 3.15. The summed E-state index contributed by atoms with van der Waals surface area (Å²) >= 11 is 0. The molecule has 2 aromatic rings. The van der Waals surface area contributed by atoms with Crippen LogP contribution in [0.2, 0.25) is 0 Å². The van der Waals surface area contributed by atoms with Crippen molar-refractivity contribution in [3.05, 3.63) is 47.7 Å². The Balaban J connectivity index is 2.26. The van der Waals surface area contributed by atoms with E-state index in [4.69, 9.17) is 0 Å². The van der Waals surface area contributed by atoms with Gasteiger partial charge < -0.3 is 9.67 Å². The van der Waals surface area contributed by atoms with E-state index in [0.29, 0.717) is 17.0 Å². The Morgan fingerprint density at radius 2 is 1.89 bits per heavy atom. The predicted molar refractivity (Wildman–Crippen MR) is 69.5 cm³/mol. The first-order valence-corrected chi connectivity index (χ1v) is 7.51. The van der Waals surface area contributed by atoms with Crippen LogP contribution in [0.15, 0.2) is 36.4 Å². The van der Waals surface area contributed by atoms with Gasteiger partial charge in [0, 0.05) is 5.69 Å². The molecule has 1 aromatic heterocycles. The highest BCUT2D eigenvalue weighted by Crippen LogP contribution is 2.33. The number of benzene rings is 1. The van der Waals surface area contributed by atoms with Gasteiger partial charge in [0.15, 0.2) is 9.84 Å². The van der Waals surface area contributed by atoms with Gasteiger partial charge in [0.25, 0.3) is 0 Å². The van der Waals surface area contributed by atoms with Crippen molar-refractivity contribution in [2.75, 3.05) is 0 Å². The number of hydrogen-bond donors (Lipinski definition) is 1. The second-order valence-electron chi connectivity index (χ2n) is 4.51. The lowest BCUT2D eigenvalue weighted by Crippen LogP contribution is -2.06. The molecule has 0 spiro atoms. The molecule has 19 heavy (non-hydrogen) atoms. The summed E-state index contributed by atoms with van der Waals surface area (Å²) < 4.78 is 24.9. The third kappa shape index (κ3) is 1.94. The standard InChI is InChI=1S/C13H11NO4S/c15-13(16)11-6-10-7-19(17,18)8-14(10)12(11)9-4-2-1-3-5-9/h1-6H,7-8H2,(H,15,16). The number of fused-ring (bicyclic) bond motifs is 1. The van der Waals surface area contributed by atoms with Crippen LogP contribution in [0.3, 0.4) is 0 Å². The molecule has 0 atom stereocenters. The summed E-state index contributed by atoms with van der Waals surface area (Å²) in [4.78, 5) is 11.3. The fourth-order valence-electron chi connectivity index (χ4n) is 2.41. The van der Waals surface area contributed by atoms with E-state index in [2.05, 4.69) is 0 Å². The molecule has 0 saturated carbocycles. The molecule has 0 amide bonds.